The SMILES string of the molecule is CCCCCCCCCCCCC(C)CC1(C(=O)O)CCC(CCCCC)CC1CCCCCCCCCC. The van der Waals surface area contributed by atoms with E-state index in [-0.39, 0.29) is 0 Å². The van der Waals surface area contributed by atoms with Crippen molar-refractivity contribution in [3.8, 4) is 0 Å². The van der Waals surface area contributed by atoms with Crippen molar-refractivity contribution in [3.63, 3.8) is 0 Å². The van der Waals surface area contributed by atoms with Crippen molar-refractivity contribution in [3.05, 3.63) is 0 Å². The van der Waals surface area contributed by atoms with Gasteiger partial charge in [-0.3, -0.25) is 4.79 Å². The van der Waals surface area contributed by atoms with Crippen LogP contribution < -0.4 is 0 Å². The molecule has 1 aliphatic rings. The lowest BCUT2D eigenvalue weighted by Gasteiger charge is -2.45. The summed E-state index contributed by atoms with van der Waals surface area (Å²) in [6, 6.07) is 0. The van der Waals surface area contributed by atoms with Crippen LogP contribution in [0, 0.1) is 23.2 Å². The topological polar surface area (TPSA) is 37.3 Å². The van der Waals surface area contributed by atoms with Gasteiger partial charge in [-0.1, -0.05) is 175 Å². The van der Waals surface area contributed by atoms with Gasteiger partial charge in [-0.25, -0.2) is 0 Å². The summed E-state index contributed by atoms with van der Waals surface area (Å²) >= 11 is 0. The first-order chi connectivity index (χ1) is 19.0. The highest BCUT2D eigenvalue weighted by Gasteiger charge is 2.49. The first-order valence-corrected chi connectivity index (χ1v) is 18.2. The average molecular weight is 549 g/mol. The van der Waals surface area contributed by atoms with Crippen molar-refractivity contribution in [2.75, 3.05) is 0 Å². The largest absolute Gasteiger partial charge is 0.481 e. The molecule has 0 aromatic carbocycles. The lowest BCUT2D eigenvalue weighted by atomic mass is 9.58. The molecular weight excluding hydrogens is 476 g/mol. The van der Waals surface area contributed by atoms with Crippen LogP contribution in [0.5, 0.6) is 0 Å². The third-order valence-corrected chi connectivity index (χ3v) is 10.2. The van der Waals surface area contributed by atoms with Crippen molar-refractivity contribution in [2.24, 2.45) is 23.2 Å². The maximum atomic E-state index is 13.0. The van der Waals surface area contributed by atoms with E-state index in [1.807, 2.05) is 0 Å². The quantitative estimate of drug-likeness (QED) is 0.104. The molecule has 1 saturated carbocycles. The zero-order valence-electron chi connectivity index (χ0n) is 27.4. The predicted octanol–water partition coefficient (Wildman–Crippen LogP) is 12.9. The summed E-state index contributed by atoms with van der Waals surface area (Å²) in [4.78, 5) is 13.0. The van der Waals surface area contributed by atoms with Gasteiger partial charge in [0.15, 0.2) is 0 Å². The van der Waals surface area contributed by atoms with Crippen LogP contribution >= 0.6 is 0 Å². The molecule has 1 N–H and O–H groups in total. The van der Waals surface area contributed by atoms with Gasteiger partial charge in [0.05, 0.1) is 5.41 Å². The predicted molar refractivity (Wildman–Crippen MR) is 173 cm³/mol. The second-order valence-electron chi connectivity index (χ2n) is 13.8. The van der Waals surface area contributed by atoms with E-state index < -0.39 is 11.4 Å². The number of carbonyl (C=O) groups is 1. The summed E-state index contributed by atoms with van der Waals surface area (Å²) < 4.78 is 0. The van der Waals surface area contributed by atoms with Crippen LogP contribution in [0.3, 0.4) is 0 Å². The lowest BCUT2D eigenvalue weighted by Crippen LogP contribution is -2.44. The Labute approximate surface area is 246 Å². The molecule has 2 nitrogen and oxygen atoms in total. The van der Waals surface area contributed by atoms with Crippen LogP contribution in [-0.4, -0.2) is 11.1 Å². The zero-order valence-corrected chi connectivity index (χ0v) is 27.4. The Kier molecular flexibility index (Phi) is 22.6. The molecule has 0 aromatic rings. The van der Waals surface area contributed by atoms with Crippen LogP contribution in [0.1, 0.15) is 207 Å². The van der Waals surface area contributed by atoms with Gasteiger partial charge >= 0.3 is 5.97 Å². The summed E-state index contributed by atoms with van der Waals surface area (Å²) in [7, 11) is 0. The van der Waals surface area contributed by atoms with Crippen LogP contribution in [0.25, 0.3) is 0 Å². The lowest BCUT2D eigenvalue weighted by molar-refractivity contribution is -0.158. The molecule has 39 heavy (non-hydrogen) atoms. The van der Waals surface area contributed by atoms with E-state index in [4.69, 9.17) is 0 Å². The molecule has 0 spiro atoms. The van der Waals surface area contributed by atoms with E-state index in [1.165, 1.54) is 154 Å². The molecule has 4 atom stereocenters. The van der Waals surface area contributed by atoms with Gasteiger partial charge in [0.25, 0.3) is 0 Å². The molecule has 1 rings (SSSR count). The summed E-state index contributed by atoms with van der Waals surface area (Å²) in [6.45, 7) is 9.22. The molecular formula is C37H72O2. The Morgan fingerprint density at radius 3 is 1.62 bits per heavy atom. The van der Waals surface area contributed by atoms with Gasteiger partial charge in [-0.2, -0.15) is 0 Å². The average Bonchev–Trinajstić information content (AvgIpc) is 2.92. The summed E-state index contributed by atoms with van der Waals surface area (Å²) in [5, 5.41) is 10.7. The van der Waals surface area contributed by atoms with Crippen LogP contribution in [0.15, 0.2) is 0 Å². The Morgan fingerprint density at radius 2 is 1.10 bits per heavy atom. The summed E-state index contributed by atoms with van der Waals surface area (Å²) in [5.74, 6) is 1.23. The molecule has 1 fully saturated rings. The van der Waals surface area contributed by atoms with Gasteiger partial charge in [-0.15, -0.1) is 0 Å². The van der Waals surface area contributed by atoms with Gasteiger partial charge < -0.3 is 5.11 Å². The summed E-state index contributed by atoms with van der Waals surface area (Å²) in [5.41, 5.74) is -0.458. The van der Waals surface area contributed by atoms with E-state index >= 15 is 0 Å². The highest BCUT2D eigenvalue weighted by molar-refractivity contribution is 5.75. The number of unbranched alkanes of at least 4 members (excludes halogenated alkanes) is 18. The second-order valence-corrected chi connectivity index (χ2v) is 13.8. The van der Waals surface area contributed by atoms with E-state index in [1.54, 1.807) is 0 Å². The van der Waals surface area contributed by atoms with Crippen molar-refractivity contribution in [2.45, 2.75) is 207 Å². The second kappa shape index (κ2) is 24.1. The van der Waals surface area contributed by atoms with Crippen molar-refractivity contribution < 1.29 is 9.90 Å². The molecule has 1 aliphatic carbocycles. The third-order valence-electron chi connectivity index (χ3n) is 10.2. The van der Waals surface area contributed by atoms with Gasteiger partial charge in [0.1, 0.15) is 0 Å². The van der Waals surface area contributed by atoms with E-state index in [2.05, 4.69) is 27.7 Å². The molecule has 0 aromatic heterocycles. The van der Waals surface area contributed by atoms with E-state index in [9.17, 15) is 9.90 Å². The first-order valence-electron chi connectivity index (χ1n) is 18.2. The summed E-state index contributed by atoms with van der Waals surface area (Å²) in [6.07, 6.45) is 36.3. The fourth-order valence-corrected chi connectivity index (χ4v) is 7.62. The molecule has 0 aliphatic heterocycles. The van der Waals surface area contributed by atoms with Crippen LogP contribution in [0.2, 0.25) is 0 Å². The number of hydrogen-bond donors (Lipinski definition) is 1. The number of carboxylic acid groups (broad SMARTS) is 1. The number of carboxylic acids is 1. The number of aliphatic carboxylic acids is 1. The highest BCUT2D eigenvalue weighted by Crippen LogP contribution is 2.51. The molecule has 2 heteroatoms. The fourth-order valence-electron chi connectivity index (χ4n) is 7.62. The maximum absolute atomic E-state index is 13.0. The Bertz CT molecular complexity index is 558. The van der Waals surface area contributed by atoms with E-state index in [0.29, 0.717) is 11.8 Å². The molecule has 0 radical (unpaired) electrons. The minimum Gasteiger partial charge on any atom is -0.481 e. The molecule has 0 bridgehead atoms. The van der Waals surface area contributed by atoms with Gasteiger partial charge in [0.2, 0.25) is 0 Å². The molecule has 4 unspecified atom stereocenters. The molecule has 0 amide bonds. The van der Waals surface area contributed by atoms with Gasteiger partial charge in [-0.05, 0) is 49.9 Å². The standard InChI is InChI=1S/C37H72O2/c1-5-8-11-13-15-17-18-19-21-24-26-33(4)32-37(36(38)39)30-29-34(27-23-10-7-3)31-35(37)28-25-22-20-16-14-12-9-6-2/h33-35H,5-32H2,1-4H3,(H,38,39). The monoisotopic (exact) mass is 549 g/mol. The van der Waals surface area contributed by atoms with Crippen LogP contribution in [0.4, 0.5) is 0 Å². The van der Waals surface area contributed by atoms with Gasteiger partial charge in [0, 0.05) is 0 Å². The zero-order chi connectivity index (χ0) is 28.6. The minimum absolute atomic E-state index is 0.394. The normalized spacial score (nSPS) is 22.3. The Morgan fingerprint density at radius 1 is 0.667 bits per heavy atom. The third kappa shape index (κ3) is 16.5. The van der Waals surface area contributed by atoms with E-state index in [0.717, 1.165) is 31.6 Å². The van der Waals surface area contributed by atoms with Crippen molar-refractivity contribution >= 4 is 5.97 Å². The highest BCUT2D eigenvalue weighted by atomic mass is 16.4. The van der Waals surface area contributed by atoms with Crippen LogP contribution in [-0.2, 0) is 4.79 Å². The molecule has 0 saturated heterocycles. The Hall–Kier alpha value is -0.530. The molecule has 0 heterocycles. The Balaban J connectivity index is 2.54. The number of rotatable bonds is 27. The molecule has 232 valence electrons. The number of hydrogen-bond acceptors (Lipinski definition) is 1. The van der Waals surface area contributed by atoms with Crippen molar-refractivity contribution in [1.82, 2.24) is 0 Å². The fraction of sp³-hybridized carbons (Fsp3) is 0.973. The van der Waals surface area contributed by atoms with Crippen molar-refractivity contribution in [1.29, 1.82) is 0 Å². The minimum atomic E-state index is -0.464. The first kappa shape index (κ1) is 36.5. The maximum Gasteiger partial charge on any atom is 0.309 e. The smallest absolute Gasteiger partial charge is 0.309 e.